The summed E-state index contributed by atoms with van der Waals surface area (Å²) in [4.78, 5) is 41.5. The minimum Gasteiger partial charge on any atom is -0.493 e. The predicted molar refractivity (Wildman–Crippen MR) is 152 cm³/mol. The third-order valence-corrected chi connectivity index (χ3v) is 7.47. The molecule has 2 heterocycles. The van der Waals surface area contributed by atoms with Gasteiger partial charge in [-0.25, -0.2) is 0 Å². The molecule has 4 rings (SSSR count). The van der Waals surface area contributed by atoms with E-state index >= 15 is 0 Å². The number of nitrogens with two attached hydrogens (primary N) is 2. The summed E-state index contributed by atoms with van der Waals surface area (Å²) in [5, 5.41) is 2.97. The van der Waals surface area contributed by atoms with Gasteiger partial charge in [-0.1, -0.05) is 12.1 Å². The number of nitrogens with zero attached hydrogens (tertiary/aromatic N) is 2. The van der Waals surface area contributed by atoms with Crippen LogP contribution in [0.4, 0.5) is 11.4 Å². The molecule has 3 amide bonds. The zero-order chi connectivity index (χ0) is 29.0. The standard InChI is InChI=1S/C28H33N5O6S/c1-15-10-16(2)12-18(11-15)33(28(36)25-22(29)23(26(30)34)32-40-25)24(27(35)31-14-19-6-5-9-39-19)17-7-8-20(37-3)21(13-17)38-4/h7-8,10-13,19,24H,5-6,9,14,29H2,1-4H3,(H2,30,34)(H,31,35)/t19-,24+/m1/s1. The lowest BCUT2D eigenvalue weighted by atomic mass is 10.0. The van der Waals surface area contributed by atoms with E-state index in [9.17, 15) is 14.4 Å². The molecule has 1 aliphatic rings. The first-order valence-electron chi connectivity index (χ1n) is 12.7. The van der Waals surface area contributed by atoms with Crippen molar-refractivity contribution in [2.45, 2.75) is 38.8 Å². The van der Waals surface area contributed by atoms with E-state index in [0.29, 0.717) is 29.4 Å². The van der Waals surface area contributed by atoms with Crippen LogP contribution in [0.25, 0.3) is 0 Å². The van der Waals surface area contributed by atoms with Crippen LogP contribution in [0.1, 0.15) is 55.7 Å². The van der Waals surface area contributed by atoms with E-state index in [0.717, 1.165) is 35.5 Å². The summed E-state index contributed by atoms with van der Waals surface area (Å²) in [5.41, 5.74) is 13.9. The molecule has 0 radical (unpaired) electrons. The molecule has 11 nitrogen and oxygen atoms in total. The average molecular weight is 568 g/mol. The van der Waals surface area contributed by atoms with Crippen molar-refractivity contribution in [1.82, 2.24) is 9.69 Å². The zero-order valence-electron chi connectivity index (χ0n) is 22.9. The molecule has 40 heavy (non-hydrogen) atoms. The number of benzene rings is 2. The number of aromatic nitrogens is 1. The molecule has 0 aliphatic carbocycles. The lowest BCUT2D eigenvalue weighted by molar-refractivity contribution is -0.123. The van der Waals surface area contributed by atoms with Crippen molar-refractivity contribution >= 4 is 40.6 Å². The average Bonchev–Trinajstić information content (AvgIpc) is 3.58. The molecule has 2 atom stereocenters. The number of nitrogens with one attached hydrogen (secondary N) is 1. The highest BCUT2D eigenvalue weighted by Crippen LogP contribution is 2.37. The summed E-state index contributed by atoms with van der Waals surface area (Å²) in [6, 6.07) is 9.44. The molecule has 1 aromatic heterocycles. The lowest BCUT2D eigenvalue weighted by Crippen LogP contribution is -2.45. The van der Waals surface area contributed by atoms with E-state index < -0.39 is 23.8 Å². The van der Waals surface area contributed by atoms with Crippen LogP contribution >= 0.6 is 11.5 Å². The van der Waals surface area contributed by atoms with Gasteiger partial charge in [0.15, 0.2) is 17.2 Å². The van der Waals surface area contributed by atoms with Crippen LogP contribution in [-0.2, 0) is 9.53 Å². The summed E-state index contributed by atoms with van der Waals surface area (Å²) in [7, 11) is 3.00. The molecule has 12 heteroatoms. The van der Waals surface area contributed by atoms with Crippen LogP contribution in [0, 0.1) is 13.8 Å². The van der Waals surface area contributed by atoms with Gasteiger partial charge >= 0.3 is 0 Å². The third-order valence-electron chi connectivity index (χ3n) is 6.62. The summed E-state index contributed by atoms with van der Waals surface area (Å²) in [5.74, 6) is -1.05. The number of anilines is 2. The van der Waals surface area contributed by atoms with E-state index in [1.165, 1.54) is 19.1 Å². The number of carbonyl (C=O) groups excluding carboxylic acids is 3. The molecule has 212 valence electrons. The normalized spacial score (nSPS) is 15.3. The highest BCUT2D eigenvalue weighted by molar-refractivity contribution is 7.09. The van der Waals surface area contributed by atoms with Gasteiger partial charge in [0.1, 0.15) is 10.9 Å². The van der Waals surface area contributed by atoms with Crippen molar-refractivity contribution in [3.05, 3.63) is 63.7 Å². The van der Waals surface area contributed by atoms with Crippen LogP contribution in [0.5, 0.6) is 11.5 Å². The maximum atomic E-state index is 14.3. The molecular formula is C28H33N5O6S. The second-order valence-corrected chi connectivity index (χ2v) is 10.3. The minimum absolute atomic E-state index is 0.00892. The van der Waals surface area contributed by atoms with Crippen LogP contribution in [0.2, 0.25) is 0 Å². The fraction of sp³-hybridized carbons (Fsp3) is 0.357. The van der Waals surface area contributed by atoms with Gasteiger partial charge in [-0.15, -0.1) is 0 Å². The fourth-order valence-electron chi connectivity index (χ4n) is 4.77. The van der Waals surface area contributed by atoms with Crippen molar-refractivity contribution in [3.8, 4) is 11.5 Å². The Bertz CT molecular complexity index is 1400. The van der Waals surface area contributed by atoms with E-state index in [-0.39, 0.29) is 28.9 Å². The van der Waals surface area contributed by atoms with Crippen molar-refractivity contribution in [3.63, 3.8) is 0 Å². The van der Waals surface area contributed by atoms with Gasteiger partial charge in [0, 0.05) is 18.8 Å². The van der Waals surface area contributed by atoms with Gasteiger partial charge in [0.2, 0.25) is 5.91 Å². The molecule has 1 fully saturated rings. The molecule has 5 N–H and O–H groups in total. The van der Waals surface area contributed by atoms with Crippen molar-refractivity contribution in [2.24, 2.45) is 5.73 Å². The first kappa shape index (κ1) is 28.8. The molecule has 0 bridgehead atoms. The SMILES string of the molecule is COc1ccc([C@@H](C(=O)NC[C@H]2CCCO2)N(C(=O)c2snc(C(N)=O)c2N)c2cc(C)cc(C)c2)cc1OC. The number of methoxy groups -OCH3 is 2. The van der Waals surface area contributed by atoms with Gasteiger partial charge < -0.3 is 31.0 Å². The molecule has 1 aliphatic heterocycles. The van der Waals surface area contributed by atoms with E-state index in [2.05, 4.69) is 9.69 Å². The number of nitrogen functional groups attached to an aromatic ring is 1. The second kappa shape index (κ2) is 12.3. The number of amides is 3. The Hall–Kier alpha value is -4.16. The number of primary amides is 1. The number of ether oxygens (including phenoxy) is 3. The highest BCUT2D eigenvalue weighted by Gasteiger charge is 2.37. The Balaban J connectivity index is 1.89. The molecule has 3 aromatic rings. The number of hydrogen-bond donors (Lipinski definition) is 3. The van der Waals surface area contributed by atoms with Gasteiger partial charge in [-0.2, -0.15) is 4.37 Å². The Morgan fingerprint density at radius 3 is 2.40 bits per heavy atom. The Morgan fingerprint density at radius 2 is 1.82 bits per heavy atom. The molecular weight excluding hydrogens is 534 g/mol. The van der Waals surface area contributed by atoms with E-state index in [1.54, 1.807) is 30.3 Å². The van der Waals surface area contributed by atoms with Crippen molar-refractivity contribution < 1.29 is 28.6 Å². The van der Waals surface area contributed by atoms with Gasteiger partial charge in [0.05, 0.1) is 26.0 Å². The smallest absolute Gasteiger partial charge is 0.273 e. The Morgan fingerprint density at radius 1 is 1.12 bits per heavy atom. The molecule has 0 spiro atoms. The van der Waals surface area contributed by atoms with Crippen LogP contribution in [0.15, 0.2) is 36.4 Å². The van der Waals surface area contributed by atoms with Crippen LogP contribution in [0.3, 0.4) is 0 Å². The van der Waals surface area contributed by atoms with Gasteiger partial charge in [0.25, 0.3) is 11.8 Å². The molecule has 0 unspecified atom stereocenters. The minimum atomic E-state index is -1.16. The van der Waals surface area contributed by atoms with Gasteiger partial charge in [-0.3, -0.25) is 19.3 Å². The largest absolute Gasteiger partial charge is 0.493 e. The van der Waals surface area contributed by atoms with Crippen molar-refractivity contribution in [2.75, 3.05) is 38.0 Å². The van der Waals surface area contributed by atoms with Crippen molar-refractivity contribution in [1.29, 1.82) is 0 Å². The summed E-state index contributed by atoms with van der Waals surface area (Å²) >= 11 is 0.752. The summed E-state index contributed by atoms with van der Waals surface area (Å²) in [6.45, 7) is 4.72. The molecule has 1 saturated heterocycles. The fourth-order valence-corrected chi connectivity index (χ4v) is 5.51. The monoisotopic (exact) mass is 567 g/mol. The van der Waals surface area contributed by atoms with Crippen LogP contribution < -0.4 is 31.2 Å². The number of hydrogen-bond acceptors (Lipinski definition) is 9. The topological polar surface area (TPSA) is 159 Å². The molecule has 2 aromatic carbocycles. The Labute approximate surface area is 236 Å². The van der Waals surface area contributed by atoms with E-state index in [1.807, 2.05) is 19.9 Å². The first-order valence-corrected chi connectivity index (χ1v) is 13.5. The Kier molecular flexibility index (Phi) is 8.90. The maximum Gasteiger partial charge on any atom is 0.273 e. The number of carbonyl (C=O) groups is 3. The number of rotatable bonds is 10. The summed E-state index contributed by atoms with van der Waals surface area (Å²) < 4.78 is 20.6. The van der Waals surface area contributed by atoms with Gasteiger partial charge in [-0.05, 0) is 79.2 Å². The quantitative estimate of drug-likeness (QED) is 0.337. The third kappa shape index (κ3) is 6.02. The second-order valence-electron chi connectivity index (χ2n) is 9.56. The highest BCUT2D eigenvalue weighted by atomic mass is 32.1. The summed E-state index contributed by atoms with van der Waals surface area (Å²) in [6.07, 6.45) is 1.63. The number of aryl methyl sites for hydroxylation is 2. The predicted octanol–water partition coefficient (Wildman–Crippen LogP) is 3.14. The lowest BCUT2D eigenvalue weighted by Gasteiger charge is -2.32. The van der Waals surface area contributed by atoms with Crippen LogP contribution in [-0.4, -0.2) is 55.6 Å². The first-order chi connectivity index (χ1) is 19.1. The van der Waals surface area contributed by atoms with E-state index in [4.69, 9.17) is 25.7 Å². The maximum absolute atomic E-state index is 14.3. The molecule has 0 saturated carbocycles. The zero-order valence-corrected chi connectivity index (χ0v) is 23.7.